The van der Waals surface area contributed by atoms with Crippen molar-refractivity contribution in [2.75, 3.05) is 0 Å². The van der Waals surface area contributed by atoms with E-state index in [-0.39, 0.29) is 6.04 Å². The highest BCUT2D eigenvalue weighted by atomic mass is 35.5. The molecule has 0 amide bonds. The van der Waals surface area contributed by atoms with Gasteiger partial charge in [-0.1, -0.05) is 11.6 Å². The van der Waals surface area contributed by atoms with Crippen molar-refractivity contribution in [3.63, 3.8) is 0 Å². The average molecular weight is 283 g/mol. The molecule has 0 aromatic carbocycles. The first-order valence-electron chi connectivity index (χ1n) is 5.60. The van der Waals surface area contributed by atoms with E-state index < -0.39 is 0 Å². The van der Waals surface area contributed by atoms with Gasteiger partial charge < -0.3 is 0 Å². The molecule has 0 fully saturated rings. The summed E-state index contributed by atoms with van der Waals surface area (Å²) in [6.45, 7) is 4.09. The van der Waals surface area contributed by atoms with E-state index in [0.29, 0.717) is 5.15 Å². The van der Waals surface area contributed by atoms with Crippen LogP contribution in [0, 0.1) is 13.8 Å². The minimum absolute atomic E-state index is 0.00421. The zero-order valence-corrected chi connectivity index (χ0v) is 11.8. The largest absolute Gasteiger partial charge is 0.271 e. The number of nitrogens with one attached hydrogen (secondary N) is 1. The quantitative estimate of drug-likeness (QED) is 0.514. The number of hydrogen-bond donors (Lipinski definition) is 2. The van der Waals surface area contributed by atoms with Crippen LogP contribution in [0.25, 0.3) is 0 Å². The van der Waals surface area contributed by atoms with Crippen LogP contribution >= 0.6 is 22.9 Å². The summed E-state index contributed by atoms with van der Waals surface area (Å²) in [5.74, 6) is 5.61. The SMILES string of the molecule is Cc1nc(CC(NN)c2ccnc(Cl)c2)sc1C. The smallest absolute Gasteiger partial charge is 0.129 e. The van der Waals surface area contributed by atoms with E-state index in [1.54, 1.807) is 17.5 Å². The van der Waals surface area contributed by atoms with Crippen molar-refractivity contribution in [3.05, 3.63) is 44.6 Å². The summed E-state index contributed by atoms with van der Waals surface area (Å²) in [5, 5.41) is 1.54. The predicted octanol–water partition coefficient (Wildman–Crippen LogP) is 2.56. The lowest BCUT2D eigenvalue weighted by molar-refractivity contribution is 0.550. The van der Waals surface area contributed by atoms with Crippen LogP contribution in [0.5, 0.6) is 0 Å². The third-order valence-corrected chi connectivity index (χ3v) is 4.11. The number of nitrogens with zero attached hydrogens (tertiary/aromatic N) is 2. The Balaban J connectivity index is 2.19. The molecule has 18 heavy (non-hydrogen) atoms. The van der Waals surface area contributed by atoms with E-state index in [0.717, 1.165) is 22.7 Å². The molecule has 1 unspecified atom stereocenters. The van der Waals surface area contributed by atoms with Crippen molar-refractivity contribution in [1.82, 2.24) is 15.4 Å². The van der Waals surface area contributed by atoms with Crippen LogP contribution in [0.15, 0.2) is 18.3 Å². The summed E-state index contributed by atoms with van der Waals surface area (Å²) in [7, 11) is 0. The Bertz CT molecular complexity index is 521. The van der Waals surface area contributed by atoms with Gasteiger partial charge in [0.05, 0.1) is 16.7 Å². The van der Waals surface area contributed by atoms with Gasteiger partial charge in [0.1, 0.15) is 5.15 Å². The van der Waals surface area contributed by atoms with Gasteiger partial charge in [-0.2, -0.15) is 0 Å². The summed E-state index contributed by atoms with van der Waals surface area (Å²) in [6, 6.07) is 3.72. The highest BCUT2D eigenvalue weighted by molar-refractivity contribution is 7.11. The number of halogens is 1. The van der Waals surface area contributed by atoms with Gasteiger partial charge in [0, 0.05) is 17.5 Å². The van der Waals surface area contributed by atoms with Crippen molar-refractivity contribution >= 4 is 22.9 Å². The molecule has 0 saturated carbocycles. The minimum Gasteiger partial charge on any atom is -0.271 e. The fourth-order valence-electron chi connectivity index (χ4n) is 1.71. The summed E-state index contributed by atoms with van der Waals surface area (Å²) in [4.78, 5) is 9.73. The Morgan fingerprint density at radius 2 is 2.28 bits per heavy atom. The van der Waals surface area contributed by atoms with Gasteiger partial charge in [0.2, 0.25) is 0 Å². The average Bonchev–Trinajstić information content (AvgIpc) is 2.65. The second-order valence-corrected chi connectivity index (χ2v) is 5.76. The van der Waals surface area contributed by atoms with Gasteiger partial charge in [0.25, 0.3) is 0 Å². The van der Waals surface area contributed by atoms with Crippen LogP contribution in [-0.2, 0) is 6.42 Å². The molecule has 4 nitrogen and oxygen atoms in total. The van der Waals surface area contributed by atoms with Crippen molar-refractivity contribution in [2.45, 2.75) is 26.3 Å². The maximum Gasteiger partial charge on any atom is 0.129 e. The van der Waals surface area contributed by atoms with Crippen molar-refractivity contribution in [3.8, 4) is 0 Å². The number of pyridine rings is 1. The molecule has 0 bridgehead atoms. The standard InChI is InChI=1S/C12H15ClN4S/c1-7-8(2)18-12(16-7)6-10(17-14)9-3-4-15-11(13)5-9/h3-5,10,17H,6,14H2,1-2H3. The topological polar surface area (TPSA) is 63.8 Å². The zero-order valence-electron chi connectivity index (χ0n) is 10.3. The van der Waals surface area contributed by atoms with E-state index in [9.17, 15) is 0 Å². The molecule has 0 radical (unpaired) electrons. The summed E-state index contributed by atoms with van der Waals surface area (Å²) < 4.78 is 0. The van der Waals surface area contributed by atoms with E-state index in [1.807, 2.05) is 19.1 Å². The van der Waals surface area contributed by atoms with Gasteiger partial charge in [-0.15, -0.1) is 11.3 Å². The van der Waals surface area contributed by atoms with Crippen LogP contribution < -0.4 is 11.3 Å². The van der Waals surface area contributed by atoms with Crippen molar-refractivity contribution < 1.29 is 0 Å². The molecule has 96 valence electrons. The van der Waals surface area contributed by atoms with Crippen LogP contribution in [-0.4, -0.2) is 9.97 Å². The molecule has 3 N–H and O–H groups in total. The molecule has 0 aliphatic carbocycles. The molecule has 2 rings (SSSR count). The van der Waals surface area contributed by atoms with Crippen LogP contribution in [0.3, 0.4) is 0 Å². The molecular formula is C12H15ClN4S. The summed E-state index contributed by atoms with van der Waals surface area (Å²) in [6.07, 6.45) is 2.43. The van der Waals surface area contributed by atoms with Gasteiger partial charge in [-0.25, -0.2) is 9.97 Å². The first-order chi connectivity index (χ1) is 8.60. The van der Waals surface area contributed by atoms with Crippen LogP contribution in [0.2, 0.25) is 5.15 Å². The number of aromatic nitrogens is 2. The third-order valence-electron chi connectivity index (χ3n) is 2.81. The van der Waals surface area contributed by atoms with E-state index in [4.69, 9.17) is 17.4 Å². The minimum atomic E-state index is -0.00421. The molecular weight excluding hydrogens is 268 g/mol. The molecule has 6 heteroatoms. The van der Waals surface area contributed by atoms with E-state index >= 15 is 0 Å². The number of thiazole rings is 1. The summed E-state index contributed by atoms with van der Waals surface area (Å²) >= 11 is 7.59. The van der Waals surface area contributed by atoms with Gasteiger partial charge in [-0.3, -0.25) is 11.3 Å². The Hall–Kier alpha value is -1.01. The third kappa shape index (κ3) is 3.05. The van der Waals surface area contributed by atoms with Gasteiger partial charge >= 0.3 is 0 Å². The first kappa shape index (κ1) is 13.4. The van der Waals surface area contributed by atoms with Gasteiger partial charge in [-0.05, 0) is 31.5 Å². The highest BCUT2D eigenvalue weighted by Crippen LogP contribution is 2.23. The number of hydrazine groups is 1. The molecule has 0 aliphatic heterocycles. The monoisotopic (exact) mass is 282 g/mol. The predicted molar refractivity (Wildman–Crippen MR) is 74.6 cm³/mol. The number of aryl methyl sites for hydroxylation is 2. The Morgan fingerprint density at radius 3 is 2.83 bits per heavy atom. The molecule has 2 aromatic rings. The Labute approximate surface area is 115 Å². The molecule has 0 spiro atoms. The summed E-state index contributed by atoms with van der Waals surface area (Å²) in [5.41, 5.74) is 4.90. The lowest BCUT2D eigenvalue weighted by Gasteiger charge is -2.14. The van der Waals surface area contributed by atoms with Crippen molar-refractivity contribution in [2.24, 2.45) is 5.84 Å². The zero-order chi connectivity index (χ0) is 13.1. The Kier molecular flexibility index (Phi) is 4.29. The second-order valence-electron chi connectivity index (χ2n) is 4.08. The fourth-order valence-corrected chi connectivity index (χ4v) is 2.87. The lowest BCUT2D eigenvalue weighted by atomic mass is 10.1. The van der Waals surface area contributed by atoms with Gasteiger partial charge in [0.15, 0.2) is 0 Å². The molecule has 2 heterocycles. The molecule has 2 aromatic heterocycles. The number of nitrogens with two attached hydrogens (primary N) is 1. The maximum atomic E-state index is 5.89. The Morgan fingerprint density at radius 1 is 1.50 bits per heavy atom. The van der Waals surface area contributed by atoms with Crippen LogP contribution in [0.1, 0.15) is 27.2 Å². The number of hydrogen-bond acceptors (Lipinski definition) is 5. The van der Waals surface area contributed by atoms with E-state index in [1.165, 1.54) is 4.88 Å². The van der Waals surface area contributed by atoms with E-state index in [2.05, 4.69) is 22.3 Å². The molecule has 0 aliphatic rings. The second kappa shape index (κ2) is 5.75. The molecule has 0 saturated heterocycles. The normalized spacial score (nSPS) is 12.7. The highest BCUT2D eigenvalue weighted by Gasteiger charge is 2.14. The lowest BCUT2D eigenvalue weighted by Crippen LogP contribution is -2.29. The number of rotatable bonds is 4. The fraction of sp³-hybridized carbons (Fsp3) is 0.333. The first-order valence-corrected chi connectivity index (χ1v) is 6.80. The maximum absolute atomic E-state index is 5.89. The molecule has 1 atom stereocenters. The van der Waals surface area contributed by atoms with Crippen molar-refractivity contribution in [1.29, 1.82) is 0 Å². The van der Waals surface area contributed by atoms with Crippen LogP contribution in [0.4, 0.5) is 0 Å².